The van der Waals surface area contributed by atoms with E-state index in [0.717, 1.165) is 36.3 Å². The molecule has 27 heavy (non-hydrogen) atoms. The van der Waals surface area contributed by atoms with Crippen molar-refractivity contribution in [3.8, 4) is 5.75 Å². The molecule has 2 aromatic rings. The van der Waals surface area contributed by atoms with Gasteiger partial charge in [-0.15, -0.1) is 0 Å². The first kappa shape index (κ1) is 17.9. The monoisotopic (exact) mass is 368 g/mol. The number of aromatic nitrogens is 2. The number of carbonyl (C=O) groups is 1. The molecule has 6 nitrogen and oxygen atoms in total. The third-order valence-electron chi connectivity index (χ3n) is 5.97. The van der Waals surface area contributed by atoms with Crippen molar-refractivity contribution < 1.29 is 9.53 Å². The molecular weight excluding hydrogens is 340 g/mol. The second-order valence-corrected chi connectivity index (χ2v) is 7.70. The van der Waals surface area contributed by atoms with Crippen LogP contribution < -0.4 is 15.4 Å². The van der Waals surface area contributed by atoms with E-state index in [4.69, 9.17) is 4.74 Å². The molecule has 2 N–H and O–H groups in total. The Labute approximate surface area is 160 Å². The topological polar surface area (TPSA) is 68.2 Å². The van der Waals surface area contributed by atoms with Crippen molar-refractivity contribution >= 4 is 6.03 Å². The highest BCUT2D eigenvalue weighted by Crippen LogP contribution is 2.42. The van der Waals surface area contributed by atoms with Crippen molar-refractivity contribution in [3.63, 3.8) is 0 Å². The second-order valence-electron chi connectivity index (χ2n) is 7.70. The molecule has 2 amide bonds. The first-order valence-electron chi connectivity index (χ1n) is 9.93. The Balaban J connectivity index is 1.35. The molecule has 2 fully saturated rings. The first-order chi connectivity index (χ1) is 13.2. The molecule has 0 unspecified atom stereocenters. The van der Waals surface area contributed by atoms with Crippen LogP contribution in [0.2, 0.25) is 0 Å². The minimum Gasteiger partial charge on any atom is -0.497 e. The summed E-state index contributed by atoms with van der Waals surface area (Å²) < 4.78 is 7.40. The van der Waals surface area contributed by atoms with Crippen LogP contribution in [-0.4, -0.2) is 22.9 Å². The van der Waals surface area contributed by atoms with Gasteiger partial charge >= 0.3 is 6.03 Å². The van der Waals surface area contributed by atoms with Crippen molar-refractivity contribution in [3.05, 3.63) is 47.8 Å². The van der Waals surface area contributed by atoms with E-state index >= 15 is 0 Å². The molecule has 144 valence electrons. The minimum atomic E-state index is -0.290. The van der Waals surface area contributed by atoms with Gasteiger partial charge < -0.3 is 15.4 Å². The van der Waals surface area contributed by atoms with E-state index < -0.39 is 0 Å². The van der Waals surface area contributed by atoms with Crippen LogP contribution in [0, 0.1) is 0 Å². The summed E-state index contributed by atoms with van der Waals surface area (Å²) in [6.45, 7) is 0.444. The summed E-state index contributed by atoms with van der Waals surface area (Å²) in [5.74, 6) is 0.818. The van der Waals surface area contributed by atoms with Crippen LogP contribution >= 0.6 is 0 Å². The van der Waals surface area contributed by atoms with Crippen LogP contribution in [0.1, 0.15) is 62.2 Å². The zero-order valence-corrected chi connectivity index (χ0v) is 15.9. The van der Waals surface area contributed by atoms with Gasteiger partial charge in [-0.25, -0.2) is 4.79 Å². The van der Waals surface area contributed by atoms with Gasteiger partial charge in [0.1, 0.15) is 5.75 Å². The van der Waals surface area contributed by atoms with Gasteiger partial charge in [-0.1, -0.05) is 25.0 Å². The number of methoxy groups -OCH3 is 1. The molecule has 0 saturated heterocycles. The van der Waals surface area contributed by atoms with E-state index in [1.165, 1.54) is 25.7 Å². The number of urea groups is 1. The quantitative estimate of drug-likeness (QED) is 0.813. The van der Waals surface area contributed by atoms with E-state index in [1.807, 2.05) is 30.5 Å². The Kier molecular flexibility index (Phi) is 5.05. The molecule has 2 aliphatic rings. The fourth-order valence-electron chi connectivity index (χ4n) is 4.21. The van der Waals surface area contributed by atoms with Crippen molar-refractivity contribution in [1.82, 2.24) is 20.4 Å². The van der Waals surface area contributed by atoms with Gasteiger partial charge in [0.2, 0.25) is 0 Å². The molecule has 1 aromatic carbocycles. The smallest absolute Gasteiger partial charge is 0.315 e. The number of amides is 2. The van der Waals surface area contributed by atoms with E-state index in [1.54, 1.807) is 7.11 Å². The highest BCUT2D eigenvalue weighted by molar-refractivity contribution is 5.75. The zero-order valence-electron chi connectivity index (χ0n) is 15.9. The van der Waals surface area contributed by atoms with E-state index in [-0.39, 0.29) is 11.6 Å². The molecule has 1 heterocycles. The Hall–Kier alpha value is -2.50. The normalized spacial score (nSPS) is 18.7. The van der Waals surface area contributed by atoms with Gasteiger partial charge in [0, 0.05) is 6.20 Å². The largest absolute Gasteiger partial charge is 0.497 e. The SMILES string of the molecule is COc1cccc(C2(NC(=O)NCc3ccn(C4CCCC4)n3)CCC2)c1. The molecule has 0 spiro atoms. The summed E-state index contributed by atoms with van der Waals surface area (Å²) >= 11 is 0. The molecule has 2 aliphatic carbocycles. The van der Waals surface area contributed by atoms with Crippen LogP contribution in [0.25, 0.3) is 0 Å². The lowest BCUT2D eigenvalue weighted by atomic mass is 9.72. The second kappa shape index (κ2) is 7.62. The molecule has 2 saturated carbocycles. The number of rotatable bonds is 6. The van der Waals surface area contributed by atoms with Gasteiger partial charge in [-0.05, 0) is 55.9 Å². The lowest BCUT2D eigenvalue weighted by molar-refractivity contribution is 0.176. The number of hydrogen-bond acceptors (Lipinski definition) is 3. The lowest BCUT2D eigenvalue weighted by Gasteiger charge is -2.43. The molecule has 6 heteroatoms. The Morgan fingerprint density at radius 3 is 2.78 bits per heavy atom. The number of benzene rings is 1. The van der Waals surface area contributed by atoms with E-state index in [9.17, 15) is 4.79 Å². The van der Waals surface area contributed by atoms with Crippen molar-refractivity contribution in [2.45, 2.75) is 63.1 Å². The molecular formula is C21H28N4O2. The van der Waals surface area contributed by atoms with Crippen LogP contribution in [0.15, 0.2) is 36.5 Å². The standard InChI is InChI=1S/C21H28N4O2/c1-27-19-9-4-6-16(14-19)21(11-5-12-21)23-20(26)22-15-17-10-13-25(24-17)18-7-2-3-8-18/h4,6,9-10,13-14,18H,2-3,5,7-8,11-12,15H2,1H3,(H2,22,23,26). The molecule has 0 atom stereocenters. The third-order valence-corrected chi connectivity index (χ3v) is 5.97. The maximum Gasteiger partial charge on any atom is 0.315 e. The lowest BCUT2D eigenvalue weighted by Crippen LogP contribution is -2.53. The Morgan fingerprint density at radius 2 is 2.07 bits per heavy atom. The molecule has 0 radical (unpaired) electrons. The average molecular weight is 368 g/mol. The van der Waals surface area contributed by atoms with Crippen LogP contribution in [0.4, 0.5) is 4.79 Å². The van der Waals surface area contributed by atoms with E-state index in [2.05, 4.69) is 26.5 Å². The highest BCUT2D eigenvalue weighted by Gasteiger charge is 2.40. The molecule has 0 aliphatic heterocycles. The van der Waals surface area contributed by atoms with Gasteiger partial charge in [0.25, 0.3) is 0 Å². The maximum absolute atomic E-state index is 12.5. The third kappa shape index (κ3) is 3.80. The summed E-state index contributed by atoms with van der Waals surface area (Å²) in [6, 6.07) is 10.4. The summed E-state index contributed by atoms with van der Waals surface area (Å²) in [7, 11) is 1.66. The minimum absolute atomic E-state index is 0.145. The summed E-state index contributed by atoms with van der Waals surface area (Å²) in [4.78, 5) is 12.5. The number of carbonyl (C=O) groups excluding carboxylic acids is 1. The first-order valence-corrected chi connectivity index (χ1v) is 9.93. The zero-order chi connectivity index (χ0) is 18.7. The van der Waals surface area contributed by atoms with Gasteiger partial charge in [0.15, 0.2) is 0 Å². The summed E-state index contributed by atoms with van der Waals surface area (Å²) in [5.41, 5.74) is 1.72. The Morgan fingerprint density at radius 1 is 1.26 bits per heavy atom. The van der Waals surface area contributed by atoms with E-state index in [0.29, 0.717) is 12.6 Å². The summed E-state index contributed by atoms with van der Waals surface area (Å²) in [5, 5.41) is 10.8. The van der Waals surface area contributed by atoms with Crippen molar-refractivity contribution in [2.75, 3.05) is 7.11 Å². The van der Waals surface area contributed by atoms with Gasteiger partial charge in [-0.2, -0.15) is 5.10 Å². The molecule has 4 rings (SSSR count). The fraction of sp³-hybridized carbons (Fsp3) is 0.524. The number of ether oxygens (including phenoxy) is 1. The average Bonchev–Trinajstić information content (AvgIpc) is 3.34. The van der Waals surface area contributed by atoms with Crippen LogP contribution in [0.3, 0.4) is 0 Å². The van der Waals surface area contributed by atoms with Crippen LogP contribution in [-0.2, 0) is 12.1 Å². The fourth-order valence-corrected chi connectivity index (χ4v) is 4.21. The Bertz CT molecular complexity index is 791. The summed E-state index contributed by atoms with van der Waals surface area (Å²) in [6.07, 6.45) is 10.0. The van der Waals surface area contributed by atoms with Crippen LogP contribution in [0.5, 0.6) is 5.75 Å². The molecule has 1 aromatic heterocycles. The molecule has 0 bridgehead atoms. The highest BCUT2D eigenvalue weighted by atomic mass is 16.5. The van der Waals surface area contributed by atoms with Gasteiger partial charge in [0.05, 0.1) is 30.9 Å². The predicted octanol–water partition coefficient (Wildman–Crippen LogP) is 3.89. The van der Waals surface area contributed by atoms with Gasteiger partial charge in [-0.3, -0.25) is 4.68 Å². The number of nitrogens with one attached hydrogen (secondary N) is 2. The van der Waals surface area contributed by atoms with Crippen molar-refractivity contribution in [1.29, 1.82) is 0 Å². The van der Waals surface area contributed by atoms with Crippen molar-refractivity contribution in [2.24, 2.45) is 0 Å². The number of nitrogens with zero attached hydrogens (tertiary/aromatic N) is 2. The number of hydrogen-bond donors (Lipinski definition) is 2. The predicted molar refractivity (Wildman–Crippen MR) is 104 cm³/mol. The maximum atomic E-state index is 12.5.